The topological polar surface area (TPSA) is 68.9 Å². The highest BCUT2D eigenvalue weighted by atomic mass is 32.1. The monoisotopic (exact) mass is 263 g/mol. The SMILES string of the molecule is O=[N+]([O-])c1ccc(-c2nc3scnc3s2)cc1. The van der Waals surface area contributed by atoms with E-state index in [1.54, 1.807) is 17.6 Å². The zero-order valence-corrected chi connectivity index (χ0v) is 9.99. The Balaban J connectivity index is 2.03. The molecule has 0 N–H and O–H groups in total. The Bertz CT molecular complexity index is 658. The average Bonchev–Trinajstić information content (AvgIpc) is 2.89. The van der Waals surface area contributed by atoms with Crippen LogP contribution in [0.3, 0.4) is 0 Å². The lowest BCUT2D eigenvalue weighted by molar-refractivity contribution is -0.384. The summed E-state index contributed by atoms with van der Waals surface area (Å²) < 4.78 is 0. The van der Waals surface area contributed by atoms with Crippen molar-refractivity contribution in [3.8, 4) is 10.6 Å². The molecule has 0 aliphatic heterocycles. The lowest BCUT2D eigenvalue weighted by Gasteiger charge is -1.94. The third kappa shape index (κ3) is 1.79. The van der Waals surface area contributed by atoms with Crippen molar-refractivity contribution in [3.05, 3.63) is 39.9 Å². The number of nitro groups is 1. The summed E-state index contributed by atoms with van der Waals surface area (Å²) in [5, 5.41) is 11.4. The van der Waals surface area contributed by atoms with Gasteiger partial charge in [0.25, 0.3) is 5.69 Å². The number of nitrogens with zero attached hydrogens (tertiary/aromatic N) is 3. The van der Waals surface area contributed by atoms with Gasteiger partial charge >= 0.3 is 0 Å². The van der Waals surface area contributed by atoms with Crippen molar-refractivity contribution < 1.29 is 4.92 Å². The van der Waals surface area contributed by atoms with Gasteiger partial charge < -0.3 is 0 Å². The Morgan fingerprint density at radius 3 is 2.59 bits per heavy atom. The maximum absolute atomic E-state index is 10.5. The van der Waals surface area contributed by atoms with E-state index >= 15 is 0 Å². The second-order valence-electron chi connectivity index (χ2n) is 3.29. The van der Waals surface area contributed by atoms with Crippen LogP contribution < -0.4 is 0 Å². The molecule has 1 aromatic carbocycles. The number of thiazole rings is 2. The predicted molar refractivity (Wildman–Crippen MR) is 67.4 cm³/mol. The predicted octanol–water partition coefficient (Wildman–Crippen LogP) is 3.33. The van der Waals surface area contributed by atoms with Crippen LogP contribution in [0.1, 0.15) is 0 Å². The first kappa shape index (κ1) is 10.3. The summed E-state index contributed by atoms with van der Waals surface area (Å²) in [7, 11) is 0. The van der Waals surface area contributed by atoms with E-state index in [0.717, 1.165) is 20.2 Å². The van der Waals surface area contributed by atoms with Gasteiger partial charge in [0.2, 0.25) is 0 Å². The van der Waals surface area contributed by atoms with Gasteiger partial charge in [0, 0.05) is 17.7 Å². The fourth-order valence-corrected chi connectivity index (χ4v) is 3.19. The number of nitro benzene ring substituents is 1. The van der Waals surface area contributed by atoms with E-state index in [4.69, 9.17) is 0 Å². The van der Waals surface area contributed by atoms with Crippen molar-refractivity contribution in [2.45, 2.75) is 0 Å². The van der Waals surface area contributed by atoms with E-state index in [1.807, 2.05) is 0 Å². The molecular weight excluding hydrogens is 258 g/mol. The second kappa shape index (κ2) is 3.86. The summed E-state index contributed by atoms with van der Waals surface area (Å²) in [4.78, 5) is 20.5. The summed E-state index contributed by atoms with van der Waals surface area (Å²) in [6.07, 6.45) is 0. The Labute approximate surface area is 104 Å². The molecule has 0 bridgehead atoms. The van der Waals surface area contributed by atoms with Crippen LogP contribution in [0, 0.1) is 10.1 Å². The molecule has 0 unspecified atom stereocenters. The van der Waals surface area contributed by atoms with E-state index in [2.05, 4.69) is 9.97 Å². The van der Waals surface area contributed by atoms with Crippen LogP contribution in [0.25, 0.3) is 20.2 Å². The highest BCUT2D eigenvalue weighted by Gasteiger charge is 2.10. The molecule has 3 aromatic rings. The van der Waals surface area contributed by atoms with Crippen LogP contribution in [-0.2, 0) is 0 Å². The lowest BCUT2D eigenvalue weighted by Crippen LogP contribution is -1.86. The fourth-order valence-electron chi connectivity index (χ4n) is 1.43. The van der Waals surface area contributed by atoms with Crippen molar-refractivity contribution >= 4 is 38.0 Å². The summed E-state index contributed by atoms with van der Waals surface area (Å²) in [6, 6.07) is 6.39. The van der Waals surface area contributed by atoms with Crippen molar-refractivity contribution in [3.63, 3.8) is 0 Å². The van der Waals surface area contributed by atoms with Crippen molar-refractivity contribution in [2.75, 3.05) is 0 Å². The van der Waals surface area contributed by atoms with Gasteiger partial charge in [-0.05, 0) is 12.1 Å². The van der Waals surface area contributed by atoms with Gasteiger partial charge in [-0.25, -0.2) is 9.97 Å². The van der Waals surface area contributed by atoms with Gasteiger partial charge in [0.1, 0.15) is 5.01 Å². The largest absolute Gasteiger partial charge is 0.269 e. The number of rotatable bonds is 2. The number of aromatic nitrogens is 2. The zero-order chi connectivity index (χ0) is 11.8. The number of non-ortho nitro benzene ring substituents is 1. The molecule has 84 valence electrons. The van der Waals surface area contributed by atoms with Crippen LogP contribution >= 0.6 is 22.7 Å². The van der Waals surface area contributed by atoms with Crippen LogP contribution in [0.5, 0.6) is 0 Å². The second-order valence-corrected chi connectivity index (χ2v) is 5.10. The molecule has 17 heavy (non-hydrogen) atoms. The van der Waals surface area contributed by atoms with E-state index in [-0.39, 0.29) is 5.69 Å². The van der Waals surface area contributed by atoms with E-state index < -0.39 is 4.92 Å². The van der Waals surface area contributed by atoms with Crippen molar-refractivity contribution in [2.24, 2.45) is 0 Å². The molecule has 7 heteroatoms. The van der Waals surface area contributed by atoms with Crippen LogP contribution in [0.2, 0.25) is 0 Å². The summed E-state index contributed by atoms with van der Waals surface area (Å²) in [5.41, 5.74) is 2.73. The Kier molecular flexibility index (Phi) is 2.34. The molecule has 0 aliphatic carbocycles. The average molecular weight is 263 g/mol. The molecule has 0 aliphatic rings. The third-order valence-corrected chi connectivity index (χ3v) is 4.10. The quantitative estimate of drug-likeness (QED) is 0.525. The Morgan fingerprint density at radius 1 is 1.18 bits per heavy atom. The first-order chi connectivity index (χ1) is 8.24. The van der Waals surface area contributed by atoms with Crippen molar-refractivity contribution in [1.29, 1.82) is 0 Å². The van der Waals surface area contributed by atoms with E-state index in [9.17, 15) is 10.1 Å². The number of benzene rings is 1. The minimum Gasteiger partial charge on any atom is -0.258 e. The highest BCUT2D eigenvalue weighted by molar-refractivity contribution is 7.27. The molecule has 0 amide bonds. The molecule has 2 aromatic heterocycles. The summed E-state index contributed by atoms with van der Waals surface area (Å²) in [5.74, 6) is 0. The van der Waals surface area contributed by atoms with Gasteiger partial charge in [-0.2, -0.15) is 0 Å². The normalized spacial score (nSPS) is 10.8. The molecule has 0 spiro atoms. The van der Waals surface area contributed by atoms with Gasteiger partial charge in [-0.3, -0.25) is 10.1 Å². The maximum atomic E-state index is 10.5. The van der Waals surface area contributed by atoms with Crippen LogP contribution in [0.15, 0.2) is 29.8 Å². The third-order valence-electron chi connectivity index (χ3n) is 2.24. The molecule has 0 saturated heterocycles. The van der Waals surface area contributed by atoms with Gasteiger partial charge in [-0.1, -0.05) is 11.3 Å². The number of fused-ring (bicyclic) bond motifs is 1. The molecule has 2 heterocycles. The Morgan fingerprint density at radius 2 is 1.94 bits per heavy atom. The van der Waals surface area contributed by atoms with E-state index in [1.165, 1.54) is 34.8 Å². The lowest BCUT2D eigenvalue weighted by atomic mass is 10.2. The van der Waals surface area contributed by atoms with E-state index in [0.29, 0.717) is 0 Å². The molecule has 0 radical (unpaired) electrons. The zero-order valence-electron chi connectivity index (χ0n) is 8.36. The van der Waals surface area contributed by atoms with Crippen LogP contribution in [0.4, 0.5) is 5.69 Å². The molecule has 0 fully saturated rings. The van der Waals surface area contributed by atoms with Gasteiger partial charge in [0.05, 0.1) is 10.4 Å². The van der Waals surface area contributed by atoms with Crippen molar-refractivity contribution in [1.82, 2.24) is 9.97 Å². The molecule has 0 atom stereocenters. The first-order valence-corrected chi connectivity index (χ1v) is 6.38. The van der Waals surface area contributed by atoms with Crippen LogP contribution in [-0.4, -0.2) is 14.9 Å². The fraction of sp³-hybridized carbons (Fsp3) is 0. The molecule has 5 nitrogen and oxygen atoms in total. The summed E-state index contributed by atoms with van der Waals surface area (Å²) >= 11 is 2.98. The summed E-state index contributed by atoms with van der Waals surface area (Å²) in [6.45, 7) is 0. The smallest absolute Gasteiger partial charge is 0.258 e. The van der Waals surface area contributed by atoms with Gasteiger partial charge in [-0.15, -0.1) is 11.3 Å². The minimum absolute atomic E-state index is 0.0882. The maximum Gasteiger partial charge on any atom is 0.269 e. The van der Waals surface area contributed by atoms with Gasteiger partial charge in [0.15, 0.2) is 9.66 Å². The standard InChI is InChI=1S/C10H5N3O2S2/c14-13(15)7-3-1-6(2-4-7)8-12-10-9(17-8)11-5-16-10/h1-5H. The first-order valence-electron chi connectivity index (χ1n) is 4.69. The molecule has 0 saturated carbocycles. The number of hydrogen-bond donors (Lipinski definition) is 0. The Hall–Kier alpha value is -1.86. The molecular formula is C10H5N3O2S2. The highest BCUT2D eigenvalue weighted by Crippen LogP contribution is 2.31. The minimum atomic E-state index is -0.411. The number of hydrogen-bond acceptors (Lipinski definition) is 6. The molecule has 3 rings (SSSR count).